The zero-order chi connectivity index (χ0) is 17.2. The van der Waals surface area contributed by atoms with E-state index in [9.17, 15) is 4.79 Å². The van der Waals surface area contributed by atoms with Crippen LogP contribution in [-0.2, 0) is 11.3 Å². The summed E-state index contributed by atoms with van der Waals surface area (Å²) >= 11 is 0. The number of ether oxygens (including phenoxy) is 1. The van der Waals surface area contributed by atoms with Gasteiger partial charge >= 0.3 is 0 Å². The monoisotopic (exact) mass is 335 g/mol. The Morgan fingerprint density at radius 2 is 2.04 bits per heavy atom. The number of imidazole rings is 1. The minimum Gasteiger partial charge on any atom is -0.484 e. The van der Waals surface area contributed by atoms with Crippen molar-refractivity contribution >= 4 is 11.6 Å². The van der Waals surface area contributed by atoms with Crippen LogP contribution in [-0.4, -0.2) is 32.8 Å². The average Bonchev–Trinajstić information content (AvgIpc) is 3.39. The van der Waals surface area contributed by atoms with Crippen LogP contribution in [0.1, 0.15) is 24.1 Å². The smallest absolute Gasteiger partial charge is 0.261 e. The van der Waals surface area contributed by atoms with E-state index < -0.39 is 0 Å². The Bertz CT molecular complexity index is 899. The molecule has 5 heteroatoms. The predicted molar refractivity (Wildman–Crippen MR) is 95.4 cm³/mol. The predicted octanol–water partition coefficient (Wildman–Crippen LogP) is 3.21. The Kier molecular flexibility index (Phi) is 4.14. The molecule has 1 aliphatic rings. The quantitative estimate of drug-likeness (QED) is 0.695. The lowest BCUT2D eigenvalue weighted by Gasteiger charge is -2.22. The summed E-state index contributed by atoms with van der Waals surface area (Å²) in [5.74, 6) is 0.790. The molecule has 1 aromatic carbocycles. The zero-order valence-corrected chi connectivity index (χ0v) is 14.3. The van der Waals surface area contributed by atoms with E-state index in [0.29, 0.717) is 12.6 Å². The van der Waals surface area contributed by atoms with Crippen LogP contribution in [0.25, 0.3) is 5.65 Å². The van der Waals surface area contributed by atoms with Gasteiger partial charge in [-0.2, -0.15) is 0 Å². The molecule has 1 amide bonds. The van der Waals surface area contributed by atoms with Crippen molar-refractivity contribution in [1.82, 2.24) is 14.3 Å². The topological polar surface area (TPSA) is 46.8 Å². The van der Waals surface area contributed by atoms with Gasteiger partial charge in [0.05, 0.1) is 18.4 Å². The number of amides is 1. The number of aromatic nitrogens is 2. The van der Waals surface area contributed by atoms with Crippen LogP contribution in [0, 0.1) is 6.92 Å². The SMILES string of the molecule is Cc1ccccc1OCC(=O)N(Cc1cnc2ccccn12)C1CC1. The van der Waals surface area contributed by atoms with E-state index in [1.807, 2.05) is 71.1 Å². The Morgan fingerprint density at radius 1 is 1.24 bits per heavy atom. The lowest BCUT2D eigenvalue weighted by molar-refractivity contribution is -0.134. The van der Waals surface area contributed by atoms with E-state index >= 15 is 0 Å². The van der Waals surface area contributed by atoms with Gasteiger partial charge in [-0.3, -0.25) is 4.79 Å². The minimum absolute atomic E-state index is 0.0247. The van der Waals surface area contributed by atoms with Crippen LogP contribution in [0.5, 0.6) is 5.75 Å². The summed E-state index contributed by atoms with van der Waals surface area (Å²) in [6.45, 7) is 2.61. The molecule has 0 radical (unpaired) electrons. The molecule has 0 N–H and O–H groups in total. The molecule has 1 fully saturated rings. The average molecular weight is 335 g/mol. The van der Waals surface area contributed by atoms with Crippen molar-refractivity contribution in [3.63, 3.8) is 0 Å². The molecule has 0 atom stereocenters. The van der Waals surface area contributed by atoms with E-state index in [1.54, 1.807) is 0 Å². The number of hydrogen-bond donors (Lipinski definition) is 0. The molecule has 0 aliphatic heterocycles. The fourth-order valence-electron chi connectivity index (χ4n) is 3.02. The molecule has 0 saturated heterocycles. The lowest BCUT2D eigenvalue weighted by atomic mass is 10.2. The normalized spacial score (nSPS) is 13.8. The van der Waals surface area contributed by atoms with Crippen LogP contribution in [0.15, 0.2) is 54.9 Å². The molecule has 3 aromatic rings. The summed E-state index contributed by atoms with van der Waals surface area (Å²) in [5.41, 5.74) is 2.96. The number of para-hydroxylation sites is 1. The maximum atomic E-state index is 12.7. The Morgan fingerprint density at radius 3 is 2.84 bits per heavy atom. The van der Waals surface area contributed by atoms with Crippen molar-refractivity contribution in [2.75, 3.05) is 6.61 Å². The second-order valence-corrected chi connectivity index (χ2v) is 6.49. The molecule has 1 aliphatic carbocycles. The first-order valence-electron chi connectivity index (χ1n) is 8.61. The highest BCUT2D eigenvalue weighted by Crippen LogP contribution is 2.29. The molecule has 4 rings (SSSR count). The van der Waals surface area contributed by atoms with Crippen LogP contribution >= 0.6 is 0 Å². The third-order valence-electron chi connectivity index (χ3n) is 4.58. The van der Waals surface area contributed by atoms with Crippen molar-refractivity contribution in [3.8, 4) is 5.75 Å². The van der Waals surface area contributed by atoms with Gasteiger partial charge in [0.15, 0.2) is 6.61 Å². The number of hydrogen-bond acceptors (Lipinski definition) is 3. The van der Waals surface area contributed by atoms with E-state index in [1.165, 1.54) is 0 Å². The molecule has 1 saturated carbocycles. The Hall–Kier alpha value is -2.82. The standard InChI is InChI=1S/C20H21N3O2/c1-15-6-2-3-7-18(15)25-14-20(24)23(16-9-10-16)13-17-12-21-19-8-4-5-11-22(17)19/h2-8,11-12,16H,9-10,13-14H2,1H3. The van der Waals surface area contributed by atoms with Gasteiger partial charge in [0.25, 0.3) is 5.91 Å². The van der Waals surface area contributed by atoms with Crippen molar-refractivity contribution in [1.29, 1.82) is 0 Å². The summed E-state index contributed by atoms with van der Waals surface area (Å²) in [6.07, 6.45) is 5.96. The summed E-state index contributed by atoms with van der Waals surface area (Å²) in [5, 5.41) is 0. The third-order valence-corrected chi connectivity index (χ3v) is 4.58. The van der Waals surface area contributed by atoms with Gasteiger partial charge in [0, 0.05) is 12.2 Å². The highest BCUT2D eigenvalue weighted by atomic mass is 16.5. The van der Waals surface area contributed by atoms with Crippen molar-refractivity contribution in [2.24, 2.45) is 0 Å². The number of rotatable bonds is 6. The molecule has 0 bridgehead atoms. The summed E-state index contributed by atoms with van der Waals surface area (Å²) in [7, 11) is 0. The molecule has 0 unspecified atom stereocenters. The number of carbonyl (C=O) groups excluding carboxylic acids is 1. The summed E-state index contributed by atoms with van der Waals surface area (Å²) in [6, 6.07) is 14.0. The van der Waals surface area contributed by atoms with Gasteiger partial charge in [-0.05, 0) is 43.5 Å². The van der Waals surface area contributed by atoms with Gasteiger partial charge in [-0.15, -0.1) is 0 Å². The van der Waals surface area contributed by atoms with E-state index in [0.717, 1.165) is 35.5 Å². The van der Waals surface area contributed by atoms with E-state index in [4.69, 9.17) is 4.74 Å². The van der Waals surface area contributed by atoms with Crippen LogP contribution < -0.4 is 4.74 Å². The van der Waals surface area contributed by atoms with Gasteiger partial charge < -0.3 is 14.0 Å². The van der Waals surface area contributed by atoms with Crippen molar-refractivity contribution in [3.05, 3.63) is 66.1 Å². The molecule has 0 spiro atoms. The fourth-order valence-corrected chi connectivity index (χ4v) is 3.02. The molecular weight excluding hydrogens is 314 g/mol. The fraction of sp³-hybridized carbons (Fsp3) is 0.300. The molecule has 2 aromatic heterocycles. The van der Waals surface area contributed by atoms with Crippen LogP contribution in [0.2, 0.25) is 0 Å². The number of pyridine rings is 1. The first-order valence-corrected chi connectivity index (χ1v) is 8.61. The van der Waals surface area contributed by atoms with Crippen molar-refractivity contribution in [2.45, 2.75) is 32.4 Å². The molecule has 2 heterocycles. The molecule has 128 valence electrons. The van der Waals surface area contributed by atoms with Crippen LogP contribution in [0.4, 0.5) is 0 Å². The maximum absolute atomic E-state index is 12.7. The van der Waals surface area contributed by atoms with Gasteiger partial charge in [-0.1, -0.05) is 24.3 Å². The zero-order valence-electron chi connectivity index (χ0n) is 14.3. The number of fused-ring (bicyclic) bond motifs is 1. The van der Waals surface area contributed by atoms with Crippen LogP contribution in [0.3, 0.4) is 0 Å². The highest BCUT2D eigenvalue weighted by molar-refractivity contribution is 5.78. The second kappa shape index (κ2) is 6.59. The minimum atomic E-state index is 0.0247. The number of nitrogens with zero attached hydrogens (tertiary/aromatic N) is 3. The molecular formula is C20H21N3O2. The third kappa shape index (κ3) is 3.36. The lowest BCUT2D eigenvalue weighted by Crippen LogP contribution is -2.36. The summed E-state index contributed by atoms with van der Waals surface area (Å²) < 4.78 is 7.78. The highest BCUT2D eigenvalue weighted by Gasteiger charge is 2.33. The largest absolute Gasteiger partial charge is 0.484 e. The number of carbonyl (C=O) groups is 1. The van der Waals surface area contributed by atoms with Gasteiger partial charge in [-0.25, -0.2) is 4.98 Å². The number of benzene rings is 1. The second-order valence-electron chi connectivity index (χ2n) is 6.49. The van der Waals surface area contributed by atoms with Crippen molar-refractivity contribution < 1.29 is 9.53 Å². The molecule has 25 heavy (non-hydrogen) atoms. The van der Waals surface area contributed by atoms with E-state index in [2.05, 4.69) is 4.98 Å². The first-order chi connectivity index (χ1) is 12.2. The Labute approximate surface area is 146 Å². The molecule has 5 nitrogen and oxygen atoms in total. The van der Waals surface area contributed by atoms with E-state index in [-0.39, 0.29) is 12.5 Å². The maximum Gasteiger partial charge on any atom is 0.261 e. The van der Waals surface area contributed by atoms with Gasteiger partial charge in [0.1, 0.15) is 11.4 Å². The summed E-state index contributed by atoms with van der Waals surface area (Å²) in [4.78, 5) is 19.1. The Balaban J connectivity index is 1.47. The van der Waals surface area contributed by atoms with Gasteiger partial charge in [0.2, 0.25) is 0 Å². The number of aryl methyl sites for hydroxylation is 1. The first kappa shape index (κ1) is 15.7.